The van der Waals surface area contributed by atoms with Gasteiger partial charge in [-0.15, -0.1) is 0 Å². The van der Waals surface area contributed by atoms with Crippen molar-refractivity contribution in [2.45, 2.75) is 159 Å². The van der Waals surface area contributed by atoms with Gasteiger partial charge < -0.3 is 60.2 Å². The number of hydrogen-bond acceptors (Lipinski definition) is 12. The van der Waals surface area contributed by atoms with Crippen LogP contribution in [-0.2, 0) is 33.5 Å². The van der Waals surface area contributed by atoms with Crippen LogP contribution in [0.4, 0.5) is 4.79 Å². The van der Waals surface area contributed by atoms with E-state index >= 15 is 0 Å². The van der Waals surface area contributed by atoms with E-state index in [0.29, 0.717) is 31.0 Å². The van der Waals surface area contributed by atoms with Crippen LogP contribution in [0, 0.1) is 35.5 Å². The van der Waals surface area contributed by atoms with Crippen LogP contribution in [0.2, 0.25) is 0 Å². The van der Waals surface area contributed by atoms with E-state index in [1.54, 1.807) is 31.9 Å². The highest BCUT2D eigenvalue weighted by Crippen LogP contribution is 2.41. The normalized spacial score (nSPS) is 18.2. The van der Waals surface area contributed by atoms with Crippen molar-refractivity contribution >= 4 is 41.5 Å². The van der Waals surface area contributed by atoms with Crippen molar-refractivity contribution in [3.63, 3.8) is 0 Å². The van der Waals surface area contributed by atoms with Gasteiger partial charge in [0, 0.05) is 60.3 Å². The van der Waals surface area contributed by atoms with Crippen molar-refractivity contribution in [1.29, 1.82) is 0 Å². The number of hydrogen-bond donors (Lipinski definition) is 7. The minimum absolute atomic E-state index is 0.000920. The number of carbonyl (C=O) groups is 7. The number of carbonyl (C=O) groups excluding carboxylic acids is 7. The van der Waals surface area contributed by atoms with Crippen molar-refractivity contribution in [2.24, 2.45) is 11.8 Å². The van der Waals surface area contributed by atoms with Gasteiger partial charge in [0.15, 0.2) is 0 Å². The number of imidazole rings is 4. The smallest absolute Gasteiger partial charge is 0.408 e. The molecule has 2 saturated carbocycles. The minimum Gasteiger partial charge on any atom is -0.444 e. The molecule has 7 N–H and O–H groups in total. The third-order valence-electron chi connectivity index (χ3n) is 24.2. The Labute approximate surface area is 727 Å². The molecule has 0 unspecified atom stereocenters. The number of aromatic nitrogens is 8. The van der Waals surface area contributed by atoms with Crippen molar-refractivity contribution in [2.75, 3.05) is 26.2 Å². The quantitative estimate of drug-likeness (QED) is 0.0331. The molecule has 0 spiro atoms. The van der Waals surface area contributed by atoms with E-state index in [0.717, 1.165) is 185 Å². The van der Waals surface area contributed by atoms with Crippen LogP contribution in [0.25, 0.3) is 45.0 Å². The fourth-order valence-corrected chi connectivity index (χ4v) is 17.2. The average Bonchev–Trinajstić information content (AvgIpc) is 1.67. The fraction of sp³-hybridized carbons (Fsp3) is 0.304. The van der Waals surface area contributed by atoms with Crippen LogP contribution in [0.15, 0.2) is 243 Å². The Hall–Kier alpha value is -14.2. The van der Waals surface area contributed by atoms with E-state index in [1.165, 1.54) is 0 Å². The molecular formula is C102H101N15O8. The molecule has 8 heterocycles. The number of nitrogens with zero attached hydrogens (tertiary/aromatic N) is 8. The molecule has 6 aliphatic rings. The Morgan fingerprint density at radius 2 is 0.600 bits per heavy atom. The van der Waals surface area contributed by atoms with E-state index < -0.39 is 29.8 Å². The summed E-state index contributed by atoms with van der Waals surface area (Å²) in [4.78, 5) is 135. The molecular weight excluding hydrogens is 1560 g/mol. The van der Waals surface area contributed by atoms with Gasteiger partial charge in [-0.3, -0.25) is 28.8 Å². The summed E-state index contributed by atoms with van der Waals surface area (Å²) in [5, 5.41) is 8.90. The molecule has 18 rings (SSSR count). The second-order valence-corrected chi connectivity index (χ2v) is 34.2. The van der Waals surface area contributed by atoms with E-state index in [2.05, 4.69) is 59.6 Å². The van der Waals surface area contributed by atoms with E-state index in [1.807, 2.05) is 259 Å². The first-order valence-corrected chi connectivity index (χ1v) is 43.5. The summed E-state index contributed by atoms with van der Waals surface area (Å²) in [5.41, 5.74) is 13.4. The lowest BCUT2D eigenvalue weighted by Crippen LogP contribution is -2.44. The molecule has 7 amide bonds. The van der Waals surface area contributed by atoms with Gasteiger partial charge in [0.1, 0.15) is 47.0 Å². The summed E-state index contributed by atoms with van der Waals surface area (Å²) < 4.78 is 5.51. The molecule has 4 aromatic heterocycles. The second-order valence-electron chi connectivity index (χ2n) is 34.2. The van der Waals surface area contributed by atoms with Gasteiger partial charge in [-0.05, 0) is 198 Å². The minimum atomic E-state index is -0.899. The van der Waals surface area contributed by atoms with Gasteiger partial charge in [-0.25, -0.2) is 24.7 Å². The van der Waals surface area contributed by atoms with E-state index in [4.69, 9.17) is 24.7 Å². The van der Waals surface area contributed by atoms with Crippen molar-refractivity contribution in [3.8, 4) is 68.7 Å². The average molecular weight is 1670 g/mol. The van der Waals surface area contributed by atoms with Gasteiger partial charge in [0.2, 0.25) is 29.5 Å². The molecule has 0 bridgehead atoms. The number of likely N-dealkylation sites (tertiary alicyclic amines) is 4. The van der Waals surface area contributed by atoms with Crippen LogP contribution in [0.1, 0.15) is 221 Å². The first kappa shape index (κ1) is 83.1. The van der Waals surface area contributed by atoms with Crippen LogP contribution in [-0.4, -0.2) is 133 Å². The van der Waals surface area contributed by atoms with Gasteiger partial charge in [-0.1, -0.05) is 194 Å². The predicted octanol–water partition coefficient (Wildman–Crippen LogP) is 17.0. The Kier molecular flexibility index (Phi) is 24.8. The first-order valence-electron chi connectivity index (χ1n) is 43.5. The van der Waals surface area contributed by atoms with Crippen LogP contribution < -0.4 is 16.0 Å². The Morgan fingerprint density at radius 1 is 0.344 bits per heavy atom. The molecule has 23 nitrogen and oxygen atoms in total. The zero-order valence-electron chi connectivity index (χ0n) is 70.5. The SMILES string of the molecule is C[C@@H](C(=O)N1CCC[C@H]1c1ncc(-c2ccc(C#Cc3ccc(-c4cnc([C@@H]5CCCN5C(=O)[C@H](NC(=O)OC(C)(C)C)c5ccccc5)[nH]4)cc3)cc2)[nH]1)c1ccccc1.O=C(N[C@@H](C(=O)N1CCC[C@H]1c1ncc(-c2ccc(C#Cc3ccc(-c4cnc([C@@H]5CCCN5C(=O)[C@H](NC(=O)C5CC5)c5ccccc5)[nH]4)cc3)cc2)[nH]1)c1ccccc1)C1CC1. The first-order chi connectivity index (χ1) is 60.9. The largest absolute Gasteiger partial charge is 0.444 e. The molecule has 4 saturated heterocycles. The summed E-state index contributed by atoms with van der Waals surface area (Å²) in [5.74, 6) is 15.5. The maximum absolute atomic E-state index is 14.1. The van der Waals surface area contributed by atoms with Crippen LogP contribution >= 0.6 is 0 Å². The Morgan fingerprint density at radius 3 is 0.864 bits per heavy atom. The Bertz CT molecular complexity index is 5790. The number of amides is 7. The number of H-pyrrole nitrogens is 4. The van der Waals surface area contributed by atoms with Gasteiger partial charge in [0.25, 0.3) is 5.91 Å². The second kappa shape index (κ2) is 37.3. The zero-order chi connectivity index (χ0) is 86.1. The lowest BCUT2D eigenvalue weighted by atomic mass is 9.99. The third kappa shape index (κ3) is 19.7. The monoisotopic (exact) mass is 1660 g/mol. The van der Waals surface area contributed by atoms with Crippen LogP contribution in [0.3, 0.4) is 0 Å². The van der Waals surface area contributed by atoms with Gasteiger partial charge >= 0.3 is 6.09 Å². The zero-order valence-corrected chi connectivity index (χ0v) is 70.5. The summed E-state index contributed by atoms with van der Waals surface area (Å²) >= 11 is 0. The molecule has 0 radical (unpaired) electrons. The number of nitrogens with one attached hydrogen (secondary N) is 7. The van der Waals surface area contributed by atoms with E-state index in [-0.39, 0.29) is 77.4 Å². The van der Waals surface area contributed by atoms with Gasteiger partial charge in [0.05, 0.1) is 77.6 Å². The number of ether oxygens (including phenoxy) is 1. The molecule has 8 aromatic carbocycles. The summed E-state index contributed by atoms with van der Waals surface area (Å²) in [6.07, 6.45) is 16.8. The van der Waals surface area contributed by atoms with E-state index in [9.17, 15) is 33.6 Å². The maximum Gasteiger partial charge on any atom is 0.408 e. The molecule has 23 heteroatoms. The maximum atomic E-state index is 14.1. The van der Waals surface area contributed by atoms with Crippen molar-refractivity contribution in [1.82, 2.24) is 75.4 Å². The highest BCUT2D eigenvalue weighted by atomic mass is 16.6. The third-order valence-corrected chi connectivity index (χ3v) is 24.2. The van der Waals surface area contributed by atoms with Crippen molar-refractivity contribution in [3.05, 3.63) is 311 Å². The molecule has 6 fully saturated rings. The summed E-state index contributed by atoms with van der Waals surface area (Å²) in [7, 11) is 0. The lowest BCUT2D eigenvalue weighted by Gasteiger charge is -2.29. The molecule has 2 aliphatic carbocycles. The number of aromatic amines is 4. The van der Waals surface area contributed by atoms with Crippen molar-refractivity contribution < 1.29 is 38.3 Å². The highest BCUT2D eigenvalue weighted by molar-refractivity contribution is 5.92. The predicted molar refractivity (Wildman–Crippen MR) is 476 cm³/mol. The van der Waals surface area contributed by atoms with Gasteiger partial charge in [-0.2, -0.15) is 0 Å². The number of alkyl carbamates (subject to hydrolysis) is 1. The molecule has 12 aromatic rings. The lowest BCUT2D eigenvalue weighted by molar-refractivity contribution is -0.138. The number of benzene rings is 8. The number of rotatable bonds is 21. The standard InChI is InChI=1S/C52H50N8O4.C50H51N7O4/c61-49(39-25-26-39)57-45(37-9-3-1-4-10-37)51(63)59-29-7-13-43(59)47-53-31-41(55-47)35-21-17-33(18-22-35)15-16-34-19-23-36(24-20-34)42-32-54-48(56-42)44-14-8-30-60(44)52(64)46(38-11-5-2-6-12-38)58-50(62)40-27-28-40;1-33(36-13-7-5-8-14-36)47(58)56-29-11-17-42(56)45-51-31-40(53-45)37-25-21-34(22-26-37)19-20-35-23-27-38(28-24-35)41-32-52-46(54-41)43-18-12-30-57(43)48(59)44(39-15-9-6-10-16-39)55-49(60)61-50(2,3)4/h1-6,9-12,17-24,31-32,39-40,43-46H,7-8,13-14,25-30H2,(H,53,55)(H,54,56)(H,57,61)(H,58,62);5-10,13-16,21-28,31-33,42-44H,11-12,17-18,29-30H2,1-4H3,(H,51,53)(H,52,54)(H,55,60)/t43-,44-,45+,46+;33-,42+,43+,44-/m01/s1. The van der Waals surface area contributed by atoms with Crippen LogP contribution in [0.5, 0.6) is 0 Å². The molecule has 8 atom stereocenters. The molecule has 4 aliphatic heterocycles. The summed E-state index contributed by atoms with van der Waals surface area (Å²) in [6.45, 7) is 9.84. The topological polar surface area (TPSA) is 292 Å². The molecule has 632 valence electrons. The Balaban J connectivity index is 0.000000177. The summed E-state index contributed by atoms with van der Waals surface area (Å²) in [6, 6.07) is 67.1. The fourth-order valence-electron chi connectivity index (χ4n) is 17.2. The highest BCUT2D eigenvalue weighted by Gasteiger charge is 2.43. The molecule has 125 heavy (non-hydrogen) atoms.